The minimum Gasteiger partial charge on any atom is -0.312 e. The molecule has 1 heterocycles. The van der Waals surface area contributed by atoms with Gasteiger partial charge in [-0.25, -0.2) is 8.78 Å². The van der Waals surface area contributed by atoms with Gasteiger partial charge in [0.25, 0.3) is 0 Å². The number of nitrogens with one attached hydrogen (secondary N) is 1. The first-order valence-electron chi connectivity index (χ1n) is 6.99. The maximum atomic E-state index is 14.3. The van der Waals surface area contributed by atoms with Crippen molar-refractivity contribution in [3.05, 3.63) is 59.2 Å². The Balaban J connectivity index is 0.00000132. The molecule has 1 nitrogen and oxygen atoms in total. The molecule has 2 aromatic rings. The van der Waals surface area contributed by atoms with Crippen molar-refractivity contribution in [2.45, 2.75) is 24.8 Å². The molecule has 0 radical (unpaired) electrons. The lowest BCUT2D eigenvalue weighted by Gasteiger charge is -2.29. The molecule has 2 aromatic carbocycles. The minimum absolute atomic E-state index is 0. The molecule has 1 fully saturated rings. The summed E-state index contributed by atoms with van der Waals surface area (Å²) >= 11 is 0. The normalized spacial score (nSPS) is 18.0. The molecule has 1 spiro atoms. The molecule has 0 bridgehead atoms. The van der Waals surface area contributed by atoms with Gasteiger partial charge in [0.15, 0.2) is 0 Å². The molecule has 110 valence electrons. The molecule has 0 aromatic heterocycles. The zero-order chi connectivity index (χ0) is 13.7. The molecule has 1 aliphatic carbocycles. The molecule has 4 rings (SSSR count). The standard InChI is InChI=1S/C17H15F2N.ClH/c18-14-4-2-1-3-12(14)11-5-6-15(19)16-13(11)9-20-10-17(16)7-8-17;/h1-6,20H,7-10H2;1H. The number of hydrogen-bond donors (Lipinski definition) is 1. The smallest absolute Gasteiger partial charge is 0.131 e. The van der Waals surface area contributed by atoms with E-state index in [2.05, 4.69) is 5.32 Å². The van der Waals surface area contributed by atoms with Gasteiger partial charge in [0.1, 0.15) is 11.6 Å². The zero-order valence-electron chi connectivity index (χ0n) is 11.5. The summed E-state index contributed by atoms with van der Waals surface area (Å²) in [6, 6.07) is 9.90. The quantitative estimate of drug-likeness (QED) is 0.833. The largest absolute Gasteiger partial charge is 0.312 e. The van der Waals surface area contributed by atoms with Gasteiger partial charge in [0.05, 0.1) is 0 Å². The summed E-state index contributed by atoms with van der Waals surface area (Å²) in [5.41, 5.74) is 3.08. The first-order valence-corrected chi connectivity index (χ1v) is 6.99. The monoisotopic (exact) mass is 307 g/mol. The highest BCUT2D eigenvalue weighted by atomic mass is 35.5. The predicted molar refractivity (Wildman–Crippen MR) is 81.7 cm³/mol. The van der Waals surface area contributed by atoms with Gasteiger partial charge in [-0.05, 0) is 36.1 Å². The highest BCUT2D eigenvalue weighted by molar-refractivity contribution is 5.85. The van der Waals surface area contributed by atoms with Crippen LogP contribution in [-0.4, -0.2) is 6.54 Å². The van der Waals surface area contributed by atoms with Crippen LogP contribution in [0.15, 0.2) is 36.4 Å². The lowest BCUT2D eigenvalue weighted by atomic mass is 9.83. The van der Waals surface area contributed by atoms with Gasteiger partial charge >= 0.3 is 0 Å². The molecule has 1 N–H and O–H groups in total. The van der Waals surface area contributed by atoms with E-state index in [1.165, 1.54) is 12.1 Å². The van der Waals surface area contributed by atoms with E-state index in [4.69, 9.17) is 0 Å². The number of rotatable bonds is 1. The second kappa shape index (κ2) is 5.08. The Hall–Kier alpha value is -1.45. The van der Waals surface area contributed by atoms with Crippen LogP contribution in [0.3, 0.4) is 0 Å². The summed E-state index contributed by atoms with van der Waals surface area (Å²) in [6.07, 6.45) is 2.04. The lowest BCUT2D eigenvalue weighted by Crippen LogP contribution is -2.34. The summed E-state index contributed by atoms with van der Waals surface area (Å²) in [6.45, 7) is 1.44. The number of halogens is 3. The molecule has 1 saturated carbocycles. The minimum atomic E-state index is -0.253. The Bertz CT molecular complexity index is 695. The Morgan fingerprint density at radius 1 is 0.905 bits per heavy atom. The second-order valence-corrected chi connectivity index (χ2v) is 5.81. The summed E-state index contributed by atoms with van der Waals surface area (Å²) in [4.78, 5) is 0. The SMILES string of the molecule is Cl.Fc1ccccc1-c1ccc(F)c2c1CNCC21CC1. The fraction of sp³-hybridized carbons (Fsp3) is 0.294. The van der Waals surface area contributed by atoms with Crippen LogP contribution < -0.4 is 5.32 Å². The predicted octanol–water partition coefficient (Wildman–Crippen LogP) is 4.19. The fourth-order valence-electron chi connectivity index (χ4n) is 3.40. The van der Waals surface area contributed by atoms with E-state index in [1.54, 1.807) is 18.2 Å². The van der Waals surface area contributed by atoms with Crippen LogP contribution in [0.4, 0.5) is 8.78 Å². The van der Waals surface area contributed by atoms with E-state index >= 15 is 0 Å². The lowest BCUT2D eigenvalue weighted by molar-refractivity contribution is 0.492. The van der Waals surface area contributed by atoms with E-state index in [9.17, 15) is 8.78 Å². The number of hydrogen-bond acceptors (Lipinski definition) is 1. The van der Waals surface area contributed by atoms with Crippen molar-refractivity contribution in [3.63, 3.8) is 0 Å². The summed E-state index contributed by atoms with van der Waals surface area (Å²) < 4.78 is 28.3. The first-order chi connectivity index (χ1) is 9.71. The maximum Gasteiger partial charge on any atom is 0.131 e. The molecule has 4 heteroatoms. The molecule has 1 aliphatic heterocycles. The molecule has 21 heavy (non-hydrogen) atoms. The van der Waals surface area contributed by atoms with Gasteiger partial charge < -0.3 is 5.32 Å². The molecule has 0 amide bonds. The van der Waals surface area contributed by atoms with Crippen LogP contribution in [0.25, 0.3) is 11.1 Å². The van der Waals surface area contributed by atoms with Crippen molar-refractivity contribution >= 4 is 12.4 Å². The third kappa shape index (κ3) is 2.16. The maximum absolute atomic E-state index is 14.3. The van der Waals surface area contributed by atoms with Crippen LogP contribution in [0.5, 0.6) is 0 Å². The van der Waals surface area contributed by atoms with Gasteiger partial charge in [0.2, 0.25) is 0 Å². The van der Waals surface area contributed by atoms with Crippen LogP contribution in [0.2, 0.25) is 0 Å². The van der Waals surface area contributed by atoms with E-state index in [-0.39, 0.29) is 29.5 Å². The summed E-state index contributed by atoms with van der Waals surface area (Å²) in [5.74, 6) is -0.393. The topological polar surface area (TPSA) is 12.0 Å². The van der Waals surface area contributed by atoms with Crippen LogP contribution in [-0.2, 0) is 12.0 Å². The third-order valence-electron chi connectivity index (χ3n) is 4.58. The highest BCUT2D eigenvalue weighted by Gasteiger charge is 2.49. The van der Waals surface area contributed by atoms with Crippen molar-refractivity contribution < 1.29 is 8.78 Å². The van der Waals surface area contributed by atoms with Gasteiger partial charge in [-0.3, -0.25) is 0 Å². The molecular formula is C17H16ClF2N. The first kappa shape index (κ1) is 14.5. The molecule has 2 aliphatic rings. The summed E-state index contributed by atoms with van der Waals surface area (Å²) in [5, 5.41) is 3.36. The summed E-state index contributed by atoms with van der Waals surface area (Å²) in [7, 11) is 0. The van der Waals surface area contributed by atoms with Crippen molar-refractivity contribution in [2.75, 3.05) is 6.54 Å². The van der Waals surface area contributed by atoms with Crippen molar-refractivity contribution in [1.82, 2.24) is 5.32 Å². The van der Waals surface area contributed by atoms with Crippen molar-refractivity contribution in [1.29, 1.82) is 0 Å². The highest BCUT2D eigenvalue weighted by Crippen LogP contribution is 2.52. The molecule has 0 unspecified atom stereocenters. The average Bonchev–Trinajstić information content (AvgIpc) is 3.20. The van der Waals surface area contributed by atoms with Gasteiger partial charge in [-0.1, -0.05) is 24.3 Å². The second-order valence-electron chi connectivity index (χ2n) is 5.81. The van der Waals surface area contributed by atoms with Crippen LogP contribution >= 0.6 is 12.4 Å². The van der Waals surface area contributed by atoms with Crippen molar-refractivity contribution in [3.8, 4) is 11.1 Å². The van der Waals surface area contributed by atoms with E-state index in [0.29, 0.717) is 12.1 Å². The van der Waals surface area contributed by atoms with Crippen LogP contribution in [0.1, 0.15) is 24.0 Å². The Morgan fingerprint density at radius 3 is 2.38 bits per heavy atom. The van der Waals surface area contributed by atoms with E-state index in [0.717, 1.165) is 36.1 Å². The van der Waals surface area contributed by atoms with Gasteiger partial charge in [-0.2, -0.15) is 0 Å². The Kier molecular flexibility index (Phi) is 3.50. The van der Waals surface area contributed by atoms with Gasteiger partial charge in [-0.15, -0.1) is 12.4 Å². The number of benzene rings is 2. The average molecular weight is 308 g/mol. The van der Waals surface area contributed by atoms with E-state index in [1.807, 2.05) is 6.07 Å². The Morgan fingerprint density at radius 2 is 1.67 bits per heavy atom. The Labute approximate surface area is 128 Å². The van der Waals surface area contributed by atoms with Gasteiger partial charge in [0, 0.05) is 29.6 Å². The molecule has 0 atom stereocenters. The van der Waals surface area contributed by atoms with E-state index < -0.39 is 0 Å². The third-order valence-corrected chi connectivity index (χ3v) is 4.58. The zero-order valence-corrected chi connectivity index (χ0v) is 12.3. The fourth-order valence-corrected chi connectivity index (χ4v) is 3.40. The van der Waals surface area contributed by atoms with Crippen LogP contribution in [0, 0.1) is 11.6 Å². The van der Waals surface area contributed by atoms with Crippen molar-refractivity contribution in [2.24, 2.45) is 0 Å². The number of fused-ring (bicyclic) bond motifs is 2. The molecular weight excluding hydrogens is 292 g/mol. The molecule has 0 saturated heterocycles.